The Hall–Kier alpha value is -2.14. The van der Waals surface area contributed by atoms with Gasteiger partial charge in [0.2, 0.25) is 11.8 Å². The van der Waals surface area contributed by atoms with Gasteiger partial charge in [0.15, 0.2) is 0 Å². The third-order valence-electron chi connectivity index (χ3n) is 4.36. The number of carbonyl (C=O) groups excluding carboxylic acids is 2. The van der Waals surface area contributed by atoms with Crippen molar-refractivity contribution >= 4 is 28.8 Å². The smallest absolute Gasteiger partial charge is 0.228 e. The first-order valence-corrected chi connectivity index (χ1v) is 9.19. The molecule has 1 N–H and O–H groups in total. The molecule has 1 aliphatic rings. The number of aryl methyl sites for hydroxylation is 1. The zero-order valence-electron chi connectivity index (χ0n) is 14.0. The van der Waals surface area contributed by atoms with E-state index in [0.717, 1.165) is 22.5 Å². The average Bonchev–Trinajstić information content (AvgIpc) is 3.21. The minimum Gasteiger partial charge on any atom is -0.356 e. The van der Waals surface area contributed by atoms with Gasteiger partial charge in [0.25, 0.3) is 0 Å². The first-order valence-electron chi connectivity index (χ1n) is 8.31. The van der Waals surface area contributed by atoms with Crippen molar-refractivity contribution in [3.05, 3.63) is 52.2 Å². The van der Waals surface area contributed by atoms with Crippen molar-refractivity contribution in [2.45, 2.75) is 32.7 Å². The zero-order chi connectivity index (χ0) is 17.1. The summed E-state index contributed by atoms with van der Waals surface area (Å²) in [4.78, 5) is 28.2. The first-order chi connectivity index (χ1) is 11.6. The minimum absolute atomic E-state index is 0.00824. The molecule has 24 heavy (non-hydrogen) atoms. The summed E-state index contributed by atoms with van der Waals surface area (Å²) in [5, 5.41) is 4.95. The van der Waals surface area contributed by atoms with Crippen LogP contribution in [0.1, 0.15) is 36.2 Å². The molecule has 0 aliphatic carbocycles. The summed E-state index contributed by atoms with van der Waals surface area (Å²) >= 11 is 1.59. The molecular weight excluding hydrogens is 320 g/mol. The molecule has 0 radical (unpaired) electrons. The number of thiophene rings is 1. The Bertz CT molecular complexity index is 709. The number of rotatable bonds is 5. The Morgan fingerprint density at radius 3 is 2.67 bits per heavy atom. The maximum Gasteiger partial charge on any atom is 0.228 e. The molecule has 1 aromatic carbocycles. The van der Waals surface area contributed by atoms with Gasteiger partial charge in [-0.25, -0.2) is 0 Å². The fourth-order valence-corrected chi connectivity index (χ4v) is 4.02. The summed E-state index contributed by atoms with van der Waals surface area (Å²) in [6, 6.07) is 11.7. The van der Waals surface area contributed by atoms with Crippen molar-refractivity contribution in [1.82, 2.24) is 5.32 Å². The maximum atomic E-state index is 12.7. The van der Waals surface area contributed by atoms with Crippen LogP contribution in [0.5, 0.6) is 0 Å². The molecule has 1 aromatic heterocycles. The minimum atomic E-state index is -0.344. The number of amides is 2. The van der Waals surface area contributed by atoms with Gasteiger partial charge < -0.3 is 10.2 Å². The lowest BCUT2D eigenvalue weighted by molar-refractivity contribution is -0.126. The molecule has 4 nitrogen and oxygen atoms in total. The van der Waals surface area contributed by atoms with E-state index in [1.807, 2.05) is 55.6 Å². The van der Waals surface area contributed by atoms with Crippen LogP contribution in [0, 0.1) is 12.8 Å². The normalized spacial score (nSPS) is 20.4. The van der Waals surface area contributed by atoms with E-state index in [1.54, 1.807) is 16.2 Å². The van der Waals surface area contributed by atoms with Crippen molar-refractivity contribution in [2.75, 3.05) is 11.4 Å². The van der Waals surface area contributed by atoms with E-state index in [-0.39, 0.29) is 30.2 Å². The largest absolute Gasteiger partial charge is 0.356 e. The van der Waals surface area contributed by atoms with Gasteiger partial charge >= 0.3 is 0 Å². The van der Waals surface area contributed by atoms with Gasteiger partial charge in [-0.1, -0.05) is 30.7 Å². The molecule has 126 valence electrons. The van der Waals surface area contributed by atoms with Crippen molar-refractivity contribution in [3.8, 4) is 0 Å². The number of anilines is 1. The Morgan fingerprint density at radius 1 is 1.29 bits per heavy atom. The van der Waals surface area contributed by atoms with Gasteiger partial charge in [-0.15, -0.1) is 11.3 Å². The summed E-state index contributed by atoms with van der Waals surface area (Å²) in [6.07, 6.45) is 1.14. The second-order valence-electron chi connectivity index (χ2n) is 6.16. The highest BCUT2D eigenvalue weighted by Gasteiger charge is 2.45. The van der Waals surface area contributed by atoms with E-state index >= 15 is 0 Å². The molecule has 1 aliphatic heterocycles. The van der Waals surface area contributed by atoms with Crippen molar-refractivity contribution in [2.24, 2.45) is 5.92 Å². The molecule has 2 aromatic rings. The summed E-state index contributed by atoms with van der Waals surface area (Å²) in [6.45, 7) is 4.69. The second kappa shape index (κ2) is 7.18. The van der Waals surface area contributed by atoms with Gasteiger partial charge in [0.1, 0.15) is 0 Å². The SMILES string of the molecule is CCCNC(=O)C1CC(=O)N(c2ccc(C)cc2)C1c1cccs1. The number of carbonyl (C=O) groups is 2. The highest BCUT2D eigenvalue weighted by Crippen LogP contribution is 2.43. The lowest BCUT2D eigenvalue weighted by atomic mass is 9.97. The Labute approximate surface area is 146 Å². The van der Waals surface area contributed by atoms with E-state index in [1.165, 1.54) is 0 Å². The van der Waals surface area contributed by atoms with Crippen molar-refractivity contribution in [1.29, 1.82) is 0 Å². The average molecular weight is 342 g/mol. The molecule has 2 amide bonds. The van der Waals surface area contributed by atoms with Crippen LogP contribution < -0.4 is 10.2 Å². The highest BCUT2D eigenvalue weighted by molar-refractivity contribution is 7.10. The molecule has 2 heterocycles. The molecule has 0 spiro atoms. The summed E-state index contributed by atoms with van der Waals surface area (Å²) in [5.41, 5.74) is 2.00. The number of hydrogen-bond donors (Lipinski definition) is 1. The Morgan fingerprint density at radius 2 is 2.04 bits per heavy atom. The number of benzene rings is 1. The number of hydrogen-bond acceptors (Lipinski definition) is 3. The Kier molecular flexibility index (Phi) is 5.00. The lowest BCUT2D eigenvalue weighted by Crippen LogP contribution is -2.35. The fraction of sp³-hybridized carbons (Fsp3) is 0.368. The molecule has 3 rings (SSSR count). The first kappa shape index (κ1) is 16.7. The third-order valence-corrected chi connectivity index (χ3v) is 5.30. The molecule has 5 heteroatoms. The standard InChI is InChI=1S/C19H22N2O2S/c1-3-10-20-19(23)15-12-17(22)21(14-8-6-13(2)7-9-14)18(15)16-5-4-11-24-16/h4-9,11,15,18H,3,10,12H2,1-2H3,(H,20,23). The predicted octanol–water partition coefficient (Wildman–Crippen LogP) is 3.68. The van der Waals surface area contributed by atoms with Gasteiger partial charge in [-0.05, 0) is 36.9 Å². The lowest BCUT2D eigenvalue weighted by Gasteiger charge is -2.27. The van der Waals surface area contributed by atoms with Crippen LogP contribution in [0.25, 0.3) is 0 Å². The topological polar surface area (TPSA) is 49.4 Å². The van der Waals surface area contributed by atoms with Crippen molar-refractivity contribution < 1.29 is 9.59 Å². The molecule has 0 saturated carbocycles. The van der Waals surface area contributed by atoms with E-state index in [2.05, 4.69) is 5.32 Å². The molecule has 2 unspecified atom stereocenters. The van der Waals surface area contributed by atoms with Crippen molar-refractivity contribution in [3.63, 3.8) is 0 Å². The Balaban J connectivity index is 1.96. The van der Waals surface area contributed by atoms with Crippen LogP contribution in [0.3, 0.4) is 0 Å². The zero-order valence-corrected chi connectivity index (χ0v) is 14.8. The van der Waals surface area contributed by atoms with Gasteiger partial charge in [-0.3, -0.25) is 9.59 Å². The number of nitrogens with one attached hydrogen (secondary N) is 1. The summed E-state index contributed by atoms with van der Waals surface area (Å²) < 4.78 is 0. The van der Waals surface area contributed by atoms with Crippen LogP contribution >= 0.6 is 11.3 Å². The maximum absolute atomic E-state index is 12.7. The molecule has 2 atom stereocenters. The third kappa shape index (κ3) is 3.22. The summed E-state index contributed by atoms with van der Waals surface area (Å²) in [5.74, 6) is -0.365. The monoisotopic (exact) mass is 342 g/mol. The predicted molar refractivity (Wildman–Crippen MR) is 97.1 cm³/mol. The molecule has 1 fully saturated rings. The van der Waals surface area contributed by atoms with E-state index in [9.17, 15) is 9.59 Å². The highest BCUT2D eigenvalue weighted by atomic mass is 32.1. The van der Waals surface area contributed by atoms with Crippen LogP contribution in [0.2, 0.25) is 0 Å². The fourth-order valence-electron chi connectivity index (χ4n) is 3.14. The number of nitrogens with zero attached hydrogens (tertiary/aromatic N) is 1. The molecule has 0 bridgehead atoms. The van der Waals surface area contributed by atoms with Gasteiger partial charge in [0, 0.05) is 23.5 Å². The summed E-state index contributed by atoms with van der Waals surface area (Å²) in [7, 11) is 0. The van der Waals surface area contributed by atoms with Crippen LogP contribution in [-0.4, -0.2) is 18.4 Å². The van der Waals surface area contributed by atoms with Crippen LogP contribution in [-0.2, 0) is 9.59 Å². The van der Waals surface area contributed by atoms with Crippen LogP contribution in [0.4, 0.5) is 5.69 Å². The van der Waals surface area contributed by atoms with E-state index in [4.69, 9.17) is 0 Å². The molecule has 1 saturated heterocycles. The quantitative estimate of drug-likeness (QED) is 0.901. The van der Waals surface area contributed by atoms with Gasteiger partial charge in [-0.2, -0.15) is 0 Å². The second-order valence-corrected chi connectivity index (χ2v) is 7.14. The van der Waals surface area contributed by atoms with E-state index in [0.29, 0.717) is 6.54 Å². The molecular formula is C19H22N2O2S. The van der Waals surface area contributed by atoms with E-state index < -0.39 is 0 Å². The van der Waals surface area contributed by atoms with Crippen LogP contribution in [0.15, 0.2) is 41.8 Å². The van der Waals surface area contributed by atoms with Gasteiger partial charge in [0.05, 0.1) is 12.0 Å².